The van der Waals surface area contributed by atoms with Crippen LogP contribution < -0.4 is 5.32 Å². The summed E-state index contributed by atoms with van der Waals surface area (Å²) in [4.78, 5) is 1.43. The molecule has 1 N–H and O–H groups in total. The van der Waals surface area contributed by atoms with Crippen LogP contribution in [0.15, 0.2) is 53.4 Å². The minimum Gasteiger partial charge on any atom is -0.313 e. The lowest BCUT2D eigenvalue weighted by Crippen LogP contribution is -2.32. The van der Waals surface area contributed by atoms with Crippen molar-refractivity contribution < 1.29 is 4.39 Å². The number of nitrogens with one attached hydrogen (secondary N) is 1. The third kappa shape index (κ3) is 3.66. The zero-order chi connectivity index (χ0) is 14.7. The topological polar surface area (TPSA) is 12.0 Å². The predicted molar refractivity (Wildman–Crippen MR) is 87.5 cm³/mol. The number of hydrogen-bond acceptors (Lipinski definition) is 2. The number of benzene rings is 2. The quantitative estimate of drug-likeness (QED) is 0.886. The fourth-order valence-corrected chi connectivity index (χ4v) is 4.04. The maximum atomic E-state index is 12.9. The van der Waals surface area contributed by atoms with Crippen LogP contribution in [0, 0.1) is 5.82 Å². The van der Waals surface area contributed by atoms with Crippen molar-refractivity contribution in [1.82, 2.24) is 5.32 Å². The summed E-state index contributed by atoms with van der Waals surface area (Å²) in [6.45, 7) is 3.20. The van der Waals surface area contributed by atoms with Crippen molar-refractivity contribution in [2.24, 2.45) is 0 Å². The lowest BCUT2D eigenvalue weighted by molar-refractivity contribution is 0.519. The van der Waals surface area contributed by atoms with Crippen molar-refractivity contribution in [3.05, 3.63) is 65.5 Å². The lowest BCUT2D eigenvalue weighted by Gasteiger charge is -2.17. The van der Waals surface area contributed by atoms with Gasteiger partial charge < -0.3 is 5.32 Å². The van der Waals surface area contributed by atoms with Crippen molar-refractivity contribution in [1.29, 1.82) is 0 Å². The molecule has 3 heteroatoms. The molecule has 21 heavy (non-hydrogen) atoms. The van der Waals surface area contributed by atoms with E-state index in [0.717, 1.165) is 18.7 Å². The molecule has 0 aromatic heterocycles. The summed E-state index contributed by atoms with van der Waals surface area (Å²) in [5.41, 5.74) is 2.65. The van der Waals surface area contributed by atoms with Crippen LogP contribution in [0.25, 0.3) is 0 Å². The zero-order valence-electron chi connectivity index (χ0n) is 12.2. The fraction of sp³-hybridized carbons (Fsp3) is 0.333. The highest BCUT2D eigenvalue weighted by Crippen LogP contribution is 2.38. The van der Waals surface area contributed by atoms with Crippen LogP contribution in [0.4, 0.5) is 4.39 Å². The van der Waals surface area contributed by atoms with Gasteiger partial charge in [0, 0.05) is 29.2 Å². The summed E-state index contributed by atoms with van der Waals surface area (Å²) in [7, 11) is 0. The van der Waals surface area contributed by atoms with Crippen molar-refractivity contribution >= 4 is 11.8 Å². The highest BCUT2D eigenvalue weighted by atomic mass is 32.2. The first-order valence-electron chi connectivity index (χ1n) is 7.42. The average molecular weight is 301 g/mol. The molecular formula is C18H20FNS. The summed E-state index contributed by atoms with van der Waals surface area (Å²) < 4.78 is 12.9. The highest BCUT2D eigenvalue weighted by Gasteiger charge is 2.22. The molecule has 0 aliphatic carbocycles. The summed E-state index contributed by atoms with van der Waals surface area (Å²) >= 11 is 1.95. The van der Waals surface area contributed by atoms with Gasteiger partial charge in [0.05, 0.1) is 0 Å². The Hall–Kier alpha value is -1.32. The molecular weight excluding hydrogens is 281 g/mol. The van der Waals surface area contributed by atoms with Gasteiger partial charge in [-0.3, -0.25) is 0 Å². The fourth-order valence-electron chi connectivity index (χ4n) is 2.79. The smallest absolute Gasteiger partial charge is 0.123 e. The van der Waals surface area contributed by atoms with Gasteiger partial charge in [-0.2, -0.15) is 0 Å². The van der Waals surface area contributed by atoms with Crippen LogP contribution in [0.1, 0.15) is 24.0 Å². The number of thioether (sulfide) groups is 1. The number of halogens is 1. The maximum Gasteiger partial charge on any atom is 0.123 e. The Morgan fingerprint density at radius 3 is 2.76 bits per heavy atom. The molecule has 2 atom stereocenters. The summed E-state index contributed by atoms with van der Waals surface area (Å²) in [5.74, 6) is 1.59. The Balaban J connectivity index is 1.52. The second-order valence-corrected chi connectivity index (χ2v) is 6.75. The van der Waals surface area contributed by atoms with E-state index in [9.17, 15) is 4.39 Å². The molecule has 0 radical (unpaired) electrons. The minimum atomic E-state index is -0.168. The molecule has 0 amide bonds. The van der Waals surface area contributed by atoms with Crippen molar-refractivity contribution in [2.75, 3.05) is 12.3 Å². The normalized spacial score (nSPS) is 18.5. The van der Waals surface area contributed by atoms with Gasteiger partial charge in [0.1, 0.15) is 5.82 Å². The van der Waals surface area contributed by atoms with Crippen LogP contribution in [0.2, 0.25) is 0 Å². The molecule has 2 unspecified atom stereocenters. The molecule has 0 saturated heterocycles. The van der Waals surface area contributed by atoms with E-state index in [1.165, 1.54) is 28.2 Å². The number of rotatable bonds is 5. The van der Waals surface area contributed by atoms with Gasteiger partial charge in [0.2, 0.25) is 0 Å². The van der Waals surface area contributed by atoms with E-state index in [1.54, 1.807) is 0 Å². The first-order chi connectivity index (χ1) is 10.2. The Labute approximate surface area is 130 Å². The van der Waals surface area contributed by atoms with Crippen LogP contribution in [-0.2, 0) is 6.42 Å². The third-order valence-electron chi connectivity index (χ3n) is 3.97. The maximum absolute atomic E-state index is 12.9. The van der Waals surface area contributed by atoms with E-state index in [1.807, 2.05) is 23.9 Å². The van der Waals surface area contributed by atoms with Gasteiger partial charge in [0.25, 0.3) is 0 Å². The molecule has 3 rings (SSSR count). The molecule has 1 aliphatic rings. The Bertz CT molecular complexity index is 596. The van der Waals surface area contributed by atoms with Crippen LogP contribution in [-0.4, -0.2) is 18.3 Å². The minimum absolute atomic E-state index is 0.168. The molecule has 0 saturated carbocycles. The zero-order valence-corrected chi connectivity index (χ0v) is 13.0. The Morgan fingerprint density at radius 2 is 1.95 bits per heavy atom. The van der Waals surface area contributed by atoms with E-state index < -0.39 is 0 Å². The Morgan fingerprint density at radius 1 is 1.19 bits per heavy atom. The summed E-state index contributed by atoms with van der Waals surface area (Å²) in [6, 6.07) is 15.9. The predicted octanol–water partition coefficient (Wildman–Crippen LogP) is 4.24. The van der Waals surface area contributed by atoms with Gasteiger partial charge in [-0.15, -0.1) is 11.8 Å². The molecule has 2 aromatic rings. The van der Waals surface area contributed by atoms with Gasteiger partial charge in [-0.1, -0.05) is 30.3 Å². The third-order valence-corrected chi connectivity index (χ3v) is 5.22. The molecule has 1 nitrogen and oxygen atoms in total. The summed E-state index contributed by atoms with van der Waals surface area (Å²) in [6.07, 6.45) is 0.932. The largest absolute Gasteiger partial charge is 0.313 e. The van der Waals surface area contributed by atoms with Crippen molar-refractivity contribution in [3.63, 3.8) is 0 Å². The lowest BCUT2D eigenvalue weighted by atomic mass is 10.0. The second-order valence-electron chi connectivity index (χ2n) is 5.69. The van der Waals surface area contributed by atoms with Gasteiger partial charge in [-0.25, -0.2) is 4.39 Å². The van der Waals surface area contributed by atoms with Gasteiger partial charge in [0.15, 0.2) is 0 Å². The van der Waals surface area contributed by atoms with Gasteiger partial charge in [-0.05, 0) is 42.7 Å². The molecule has 2 aromatic carbocycles. The molecule has 0 bridgehead atoms. The highest BCUT2D eigenvalue weighted by molar-refractivity contribution is 7.99. The van der Waals surface area contributed by atoms with Crippen molar-refractivity contribution in [3.8, 4) is 0 Å². The molecule has 0 fully saturated rings. The van der Waals surface area contributed by atoms with E-state index in [4.69, 9.17) is 0 Å². The van der Waals surface area contributed by atoms with Crippen molar-refractivity contribution in [2.45, 2.75) is 30.2 Å². The Kier molecular flexibility index (Phi) is 4.61. The van der Waals surface area contributed by atoms with E-state index in [0.29, 0.717) is 12.0 Å². The van der Waals surface area contributed by atoms with Crippen LogP contribution in [0.3, 0.4) is 0 Å². The molecule has 1 aliphatic heterocycles. The number of hydrogen-bond donors (Lipinski definition) is 1. The standard InChI is InChI=1S/C18H20FNS/c1-13(10-14-6-8-16(19)9-7-14)20-11-15-12-21-18-5-3-2-4-17(15)18/h2-9,13,15,20H,10-12H2,1H3. The van der Waals surface area contributed by atoms with E-state index in [2.05, 4.69) is 36.5 Å². The number of fused-ring (bicyclic) bond motifs is 1. The summed E-state index contributed by atoms with van der Waals surface area (Å²) in [5, 5.41) is 3.62. The SMILES string of the molecule is CC(Cc1ccc(F)cc1)NCC1CSc2ccccc21. The first kappa shape index (κ1) is 14.6. The second kappa shape index (κ2) is 6.63. The van der Waals surface area contributed by atoms with Gasteiger partial charge >= 0.3 is 0 Å². The van der Waals surface area contributed by atoms with Crippen LogP contribution >= 0.6 is 11.8 Å². The molecule has 110 valence electrons. The van der Waals surface area contributed by atoms with Crippen LogP contribution in [0.5, 0.6) is 0 Å². The molecule has 1 heterocycles. The average Bonchev–Trinajstić information content (AvgIpc) is 2.91. The van der Waals surface area contributed by atoms with E-state index >= 15 is 0 Å². The monoisotopic (exact) mass is 301 g/mol. The molecule has 0 spiro atoms. The van der Waals surface area contributed by atoms with E-state index in [-0.39, 0.29) is 5.82 Å². The first-order valence-corrected chi connectivity index (χ1v) is 8.40.